The Kier molecular flexibility index (Phi) is 6.53. The first-order valence-corrected chi connectivity index (χ1v) is 5.82. The van der Waals surface area contributed by atoms with Crippen molar-refractivity contribution in [3.63, 3.8) is 0 Å². The predicted octanol–water partition coefficient (Wildman–Crippen LogP) is -4.48. The first-order valence-electron chi connectivity index (χ1n) is 5.82. The Morgan fingerprint density at radius 1 is 0.947 bits per heavy atom. The van der Waals surface area contributed by atoms with Crippen LogP contribution in [-0.4, -0.2) is 98.5 Å². The van der Waals surface area contributed by atoms with Crippen LogP contribution in [0, 0.1) is 0 Å². The lowest BCUT2D eigenvalue weighted by Crippen LogP contribution is -2.60. The molecule has 1 heterocycles. The van der Waals surface area contributed by atoms with Crippen LogP contribution in [0.15, 0.2) is 0 Å². The molecule has 0 aromatic rings. The van der Waals surface area contributed by atoms with Gasteiger partial charge in [0.2, 0.25) is 0 Å². The highest BCUT2D eigenvalue weighted by molar-refractivity contribution is 4.89. The molecule has 7 atom stereocenters. The van der Waals surface area contributed by atoms with Gasteiger partial charge in [-0.25, -0.2) is 0 Å². The van der Waals surface area contributed by atoms with Crippen molar-refractivity contribution in [2.24, 2.45) is 0 Å². The number of ether oxygens (including phenoxy) is 2. The molecule has 0 spiro atoms. The van der Waals surface area contributed by atoms with Crippen LogP contribution < -0.4 is 0 Å². The van der Waals surface area contributed by atoms with E-state index in [1.165, 1.54) is 0 Å². The summed E-state index contributed by atoms with van der Waals surface area (Å²) < 4.78 is 10.1. The Morgan fingerprint density at radius 3 is 2.05 bits per heavy atom. The second-order valence-corrected chi connectivity index (χ2v) is 4.30. The lowest BCUT2D eigenvalue weighted by atomic mass is 9.99. The molecule has 9 heteroatoms. The van der Waals surface area contributed by atoms with Crippen molar-refractivity contribution in [1.29, 1.82) is 0 Å². The first-order chi connectivity index (χ1) is 8.96. The molecule has 1 aliphatic heterocycles. The fourth-order valence-corrected chi connectivity index (χ4v) is 1.73. The fraction of sp³-hybridized carbons (Fsp3) is 1.00. The van der Waals surface area contributed by atoms with Gasteiger partial charge in [-0.3, -0.25) is 0 Å². The van der Waals surface area contributed by atoms with E-state index in [9.17, 15) is 20.4 Å². The van der Waals surface area contributed by atoms with Crippen molar-refractivity contribution in [3.8, 4) is 0 Å². The van der Waals surface area contributed by atoms with E-state index in [2.05, 4.69) is 0 Å². The van der Waals surface area contributed by atoms with Crippen molar-refractivity contribution >= 4 is 0 Å². The maximum Gasteiger partial charge on any atom is 0.187 e. The monoisotopic (exact) mass is 284 g/mol. The van der Waals surface area contributed by atoms with Crippen LogP contribution in [0.5, 0.6) is 0 Å². The largest absolute Gasteiger partial charge is 0.394 e. The zero-order valence-electron chi connectivity index (χ0n) is 10.1. The van der Waals surface area contributed by atoms with Crippen LogP contribution in [0.25, 0.3) is 0 Å². The molecule has 114 valence electrons. The van der Waals surface area contributed by atoms with Gasteiger partial charge in [0.1, 0.15) is 36.6 Å². The van der Waals surface area contributed by atoms with Gasteiger partial charge in [-0.2, -0.15) is 0 Å². The second-order valence-electron chi connectivity index (χ2n) is 4.30. The summed E-state index contributed by atoms with van der Waals surface area (Å²) in [6, 6.07) is 0. The van der Waals surface area contributed by atoms with Gasteiger partial charge in [-0.1, -0.05) is 0 Å². The zero-order valence-corrected chi connectivity index (χ0v) is 10.1. The number of aliphatic hydroxyl groups excluding tert-OH is 7. The van der Waals surface area contributed by atoms with E-state index in [-0.39, 0.29) is 0 Å². The fourth-order valence-electron chi connectivity index (χ4n) is 1.73. The molecule has 1 saturated heterocycles. The van der Waals surface area contributed by atoms with Gasteiger partial charge in [-0.05, 0) is 0 Å². The lowest BCUT2D eigenvalue weighted by molar-refractivity contribution is -0.319. The van der Waals surface area contributed by atoms with Crippen LogP contribution in [0.3, 0.4) is 0 Å². The van der Waals surface area contributed by atoms with Crippen molar-refractivity contribution in [2.75, 3.05) is 19.8 Å². The summed E-state index contributed by atoms with van der Waals surface area (Å²) in [5.74, 6) is 0. The van der Waals surface area contributed by atoms with Crippen molar-refractivity contribution in [3.05, 3.63) is 0 Å². The summed E-state index contributed by atoms with van der Waals surface area (Å²) in [4.78, 5) is 0. The molecule has 0 aliphatic carbocycles. The highest BCUT2D eigenvalue weighted by Crippen LogP contribution is 2.23. The first kappa shape index (κ1) is 16.7. The van der Waals surface area contributed by atoms with Crippen LogP contribution >= 0.6 is 0 Å². The zero-order chi connectivity index (χ0) is 14.6. The molecule has 9 nitrogen and oxygen atoms in total. The maximum absolute atomic E-state index is 9.65. The molecule has 1 rings (SSSR count). The van der Waals surface area contributed by atoms with Gasteiger partial charge in [0, 0.05) is 0 Å². The van der Waals surface area contributed by atoms with E-state index in [0.717, 1.165) is 0 Å². The molecular formula is C10H20O9. The topological polar surface area (TPSA) is 160 Å². The van der Waals surface area contributed by atoms with E-state index in [1.807, 2.05) is 0 Å². The normalized spacial score (nSPS) is 39.0. The van der Waals surface area contributed by atoms with Gasteiger partial charge in [0.15, 0.2) is 6.29 Å². The molecule has 0 bridgehead atoms. The minimum absolute atomic E-state index is 0.614. The molecule has 0 amide bonds. The molecular weight excluding hydrogens is 264 g/mol. The van der Waals surface area contributed by atoms with Crippen LogP contribution in [0.4, 0.5) is 0 Å². The molecule has 1 aliphatic rings. The van der Waals surface area contributed by atoms with E-state index in [4.69, 9.17) is 24.8 Å². The Bertz CT molecular complexity index is 261. The van der Waals surface area contributed by atoms with E-state index < -0.39 is 62.7 Å². The van der Waals surface area contributed by atoms with Crippen LogP contribution in [0.1, 0.15) is 0 Å². The summed E-state index contributed by atoms with van der Waals surface area (Å²) in [7, 11) is 0. The van der Waals surface area contributed by atoms with Gasteiger partial charge >= 0.3 is 0 Å². The van der Waals surface area contributed by atoms with E-state index >= 15 is 0 Å². The highest BCUT2D eigenvalue weighted by Gasteiger charge is 2.45. The molecule has 1 fully saturated rings. The average molecular weight is 284 g/mol. The van der Waals surface area contributed by atoms with Crippen LogP contribution in [-0.2, 0) is 9.47 Å². The molecule has 0 aromatic carbocycles. The Hall–Kier alpha value is -0.360. The minimum Gasteiger partial charge on any atom is -0.394 e. The summed E-state index contributed by atoms with van der Waals surface area (Å²) in [6.45, 7) is -1.95. The Balaban J connectivity index is 2.70. The van der Waals surface area contributed by atoms with Gasteiger partial charge in [0.05, 0.1) is 19.8 Å². The maximum atomic E-state index is 9.65. The third-order valence-electron chi connectivity index (χ3n) is 2.95. The molecule has 0 aromatic heterocycles. The molecule has 0 unspecified atom stereocenters. The molecule has 0 saturated carbocycles. The Labute approximate surface area is 109 Å². The third kappa shape index (κ3) is 3.81. The molecule has 19 heavy (non-hydrogen) atoms. The standard InChI is InChI=1S/C10H20O9/c11-1-4(14)5(2-12)18-10-9(17)8(16)7(15)6(3-13)19-10/h4-17H,1-3H2/t4-,5+,6-,7-,8+,9+,10-/m1/s1. The number of rotatable bonds is 6. The second kappa shape index (κ2) is 7.43. The lowest BCUT2D eigenvalue weighted by Gasteiger charge is -2.41. The summed E-state index contributed by atoms with van der Waals surface area (Å²) in [6.07, 6.45) is -10.0. The summed E-state index contributed by atoms with van der Waals surface area (Å²) >= 11 is 0. The smallest absolute Gasteiger partial charge is 0.187 e. The molecule has 7 N–H and O–H groups in total. The van der Waals surface area contributed by atoms with Crippen molar-refractivity contribution < 1.29 is 45.2 Å². The number of aliphatic hydroxyl groups is 7. The number of hydrogen-bond donors (Lipinski definition) is 7. The van der Waals surface area contributed by atoms with Crippen molar-refractivity contribution in [1.82, 2.24) is 0 Å². The number of hydrogen-bond acceptors (Lipinski definition) is 9. The van der Waals surface area contributed by atoms with Gasteiger partial charge < -0.3 is 45.2 Å². The molecule has 0 radical (unpaired) electrons. The SMILES string of the molecule is OC[C@@H](O)[C@H](CO)O[C@@H]1O[C@H](CO)[C@@H](O)[C@H](O)[C@@H]1O. The van der Waals surface area contributed by atoms with E-state index in [0.29, 0.717) is 0 Å². The summed E-state index contributed by atoms with van der Waals surface area (Å²) in [5, 5.41) is 64.7. The highest BCUT2D eigenvalue weighted by atomic mass is 16.7. The van der Waals surface area contributed by atoms with Crippen LogP contribution in [0.2, 0.25) is 0 Å². The average Bonchev–Trinajstić information content (AvgIpc) is 2.43. The van der Waals surface area contributed by atoms with Gasteiger partial charge in [0.25, 0.3) is 0 Å². The summed E-state index contributed by atoms with van der Waals surface area (Å²) in [5.41, 5.74) is 0. The minimum atomic E-state index is -1.63. The van der Waals surface area contributed by atoms with Gasteiger partial charge in [-0.15, -0.1) is 0 Å². The Morgan fingerprint density at radius 2 is 1.58 bits per heavy atom. The van der Waals surface area contributed by atoms with Crippen molar-refractivity contribution in [2.45, 2.75) is 42.9 Å². The predicted molar refractivity (Wildman–Crippen MR) is 58.8 cm³/mol. The quantitative estimate of drug-likeness (QED) is 0.255. The van der Waals surface area contributed by atoms with E-state index in [1.54, 1.807) is 0 Å². The third-order valence-corrected chi connectivity index (χ3v) is 2.95.